The average molecular weight is 319 g/mol. The van der Waals surface area contributed by atoms with Crippen molar-refractivity contribution in [3.05, 3.63) is 59.9 Å². The monoisotopic (exact) mass is 319 g/mol. The first kappa shape index (κ1) is 17.1. The van der Waals surface area contributed by atoms with Gasteiger partial charge in [0, 0.05) is 24.4 Å². The molecule has 0 aliphatic heterocycles. The lowest BCUT2D eigenvalue weighted by atomic mass is 10.0. The second-order valence-electron chi connectivity index (χ2n) is 5.40. The number of rotatable bonds is 8. The normalized spacial score (nSPS) is 11.3. The van der Waals surface area contributed by atoms with E-state index in [9.17, 15) is 13.6 Å². The van der Waals surface area contributed by atoms with Crippen molar-refractivity contribution in [2.24, 2.45) is 0 Å². The molecule has 0 bridgehead atoms. The van der Waals surface area contributed by atoms with E-state index in [2.05, 4.69) is 4.98 Å². The minimum Gasteiger partial charge on any atom is -0.494 e. The first-order chi connectivity index (χ1) is 11.0. The molecule has 23 heavy (non-hydrogen) atoms. The molecule has 0 radical (unpaired) electrons. The van der Waals surface area contributed by atoms with E-state index >= 15 is 0 Å². The topological polar surface area (TPSA) is 39.2 Å². The fraction of sp³-hybridized carbons (Fsp3) is 0.333. The SMILES string of the molecule is Cc1cccc(OCCCCC(F)(F)C(=O)c2cccnc2)c1. The fourth-order valence-electron chi connectivity index (χ4n) is 2.17. The molecule has 0 spiro atoms. The van der Waals surface area contributed by atoms with Crippen LogP contribution in [-0.4, -0.2) is 23.3 Å². The van der Waals surface area contributed by atoms with Gasteiger partial charge in [0.15, 0.2) is 0 Å². The lowest BCUT2D eigenvalue weighted by Crippen LogP contribution is -2.28. The van der Waals surface area contributed by atoms with E-state index in [1.54, 1.807) is 0 Å². The zero-order chi connectivity index (χ0) is 16.7. The predicted molar refractivity (Wildman–Crippen MR) is 84.0 cm³/mol. The molecule has 0 atom stereocenters. The van der Waals surface area contributed by atoms with Gasteiger partial charge >= 0.3 is 5.92 Å². The van der Waals surface area contributed by atoms with Gasteiger partial charge in [0.05, 0.1) is 6.61 Å². The summed E-state index contributed by atoms with van der Waals surface area (Å²) in [6.45, 7) is 2.30. The third-order valence-electron chi connectivity index (χ3n) is 3.40. The van der Waals surface area contributed by atoms with E-state index < -0.39 is 18.1 Å². The smallest absolute Gasteiger partial charge is 0.309 e. The highest BCUT2D eigenvalue weighted by Crippen LogP contribution is 2.26. The Hall–Kier alpha value is -2.30. The number of alkyl halides is 2. The van der Waals surface area contributed by atoms with Gasteiger partial charge in [0.2, 0.25) is 5.78 Å². The first-order valence-electron chi connectivity index (χ1n) is 7.51. The Kier molecular flexibility index (Phi) is 5.79. The maximum Gasteiger partial charge on any atom is 0.309 e. The average Bonchev–Trinajstić information content (AvgIpc) is 2.54. The van der Waals surface area contributed by atoms with Crippen molar-refractivity contribution in [3.63, 3.8) is 0 Å². The molecule has 1 aromatic heterocycles. The summed E-state index contributed by atoms with van der Waals surface area (Å²) in [6, 6.07) is 10.4. The minimum absolute atomic E-state index is 0.0616. The molecule has 2 rings (SSSR count). The van der Waals surface area contributed by atoms with Gasteiger partial charge in [-0.2, -0.15) is 8.78 Å². The fourth-order valence-corrected chi connectivity index (χ4v) is 2.17. The number of aryl methyl sites for hydroxylation is 1. The quantitative estimate of drug-likeness (QED) is 0.533. The van der Waals surface area contributed by atoms with Crippen molar-refractivity contribution in [2.45, 2.75) is 32.1 Å². The van der Waals surface area contributed by atoms with Crippen molar-refractivity contribution >= 4 is 5.78 Å². The molecule has 2 aromatic rings. The van der Waals surface area contributed by atoms with Crippen LogP contribution in [0.5, 0.6) is 5.75 Å². The Labute approximate surface area is 134 Å². The maximum absolute atomic E-state index is 13.9. The van der Waals surface area contributed by atoms with Gasteiger partial charge in [0.25, 0.3) is 0 Å². The van der Waals surface area contributed by atoms with Crippen LogP contribution in [0.25, 0.3) is 0 Å². The van der Waals surface area contributed by atoms with E-state index in [1.807, 2.05) is 31.2 Å². The van der Waals surface area contributed by atoms with Crippen LogP contribution in [0.2, 0.25) is 0 Å². The summed E-state index contributed by atoms with van der Waals surface area (Å²) in [5.41, 5.74) is 1.02. The summed E-state index contributed by atoms with van der Waals surface area (Å²) >= 11 is 0. The zero-order valence-corrected chi connectivity index (χ0v) is 13.0. The molecule has 5 heteroatoms. The standard InChI is InChI=1S/C18H19F2NO2/c1-14-6-4-8-16(12-14)23-11-3-2-9-18(19,20)17(22)15-7-5-10-21-13-15/h4-8,10,12-13H,2-3,9,11H2,1H3. The van der Waals surface area contributed by atoms with E-state index in [1.165, 1.54) is 18.3 Å². The van der Waals surface area contributed by atoms with Gasteiger partial charge in [-0.15, -0.1) is 0 Å². The van der Waals surface area contributed by atoms with Crippen LogP contribution in [0, 0.1) is 6.92 Å². The second-order valence-corrected chi connectivity index (χ2v) is 5.40. The largest absolute Gasteiger partial charge is 0.494 e. The Balaban J connectivity index is 1.75. The van der Waals surface area contributed by atoms with Gasteiger partial charge in [-0.05, 0) is 49.6 Å². The summed E-state index contributed by atoms with van der Waals surface area (Å²) in [5, 5.41) is 0. The van der Waals surface area contributed by atoms with Crippen molar-refractivity contribution in [1.82, 2.24) is 4.98 Å². The van der Waals surface area contributed by atoms with Crippen LogP contribution in [0.3, 0.4) is 0 Å². The number of benzene rings is 1. The molecule has 0 aliphatic rings. The lowest BCUT2D eigenvalue weighted by Gasteiger charge is -2.15. The molecule has 3 nitrogen and oxygen atoms in total. The van der Waals surface area contributed by atoms with Crippen LogP contribution in [0.4, 0.5) is 8.78 Å². The molecule has 0 fully saturated rings. The molecule has 0 aliphatic carbocycles. The lowest BCUT2D eigenvalue weighted by molar-refractivity contribution is 0.00295. The third kappa shape index (κ3) is 5.13. The summed E-state index contributed by atoms with van der Waals surface area (Å²) in [7, 11) is 0. The van der Waals surface area contributed by atoms with Crippen molar-refractivity contribution in [1.29, 1.82) is 0 Å². The van der Waals surface area contributed by atoms with Crippen molar-refractivity contribution < 1.29 is 18.3 Å². The number of ketones is 1. The van der Waals surface area contributed by atoms with Gasteiger partial charge < -0.3 is 4.74 Å². The molecule has 122 valence electrons. The van der Waals surface area contributed by atoms with Gasteiger partial charge in [0.1, 0.15) is 5.75 Å². The van der Waals surface area contributed by atoms with Crippen molar-refractivity contribution in [3.8, 4) is 5.75 Å². The van der Waals surface area contributed by atoms with Gasteiger partial charge in [-0.25, -0.2) is 0 Å². The van der Waals surface area contributed by atoms with Gasteiger partial charge in [-0.3, -0.25) is 9.78 Å². The number of nitrogens with zero attached hydrogens (tertiary/aromatic N) is 1. The molecule has 1 heterocycles. The van der Waals surface area contributed by atoms with Crippen LogP contribution in [-0.2, 0) is 0 Å². The number of ether oxygens (including phenoxy) is 1. The highest BCUT2D eigenvalue weighted by Gasteiger charge is 2.38. The molecule has 0 unspecified atom stereocenters. The molecule has 0 amide bonds. The number of aromatic nitrogens is 1. The Morgan fingerprint density at radius 1 is 1.22 bits per heavy atom. The highest BCUT2D eigenvalue weighted by molar-refractivity contribution is 6.00. The number of Topliss-reactive ketones (excluding diaryl/α,β-unsaturated/α-hetero) is 1. The minimum atomic E-state index is -3.37. The van der Waals surface area contributed by atoms with Crippen LogP contribution in [0.15, 0.2) is 48.8 Å². The number of pyridine rings is 1. The summed E-state index contributed by atoms with van der Waals surface area (Å²) < 4.78 is 33.3. The molecule has 1 aromatic carbocycles. The molecule has 0 N–H and O–H groups in total. The molecular formula is C18H19F2NO2. The number of halogens is 2. The van der Waals surface area contributed by atoms with Crippen LogP contribution >= 0.6 is 0 Å². The highest BCUT2D eigenvalue weighted by atomic mass is 19.3. The Morgan fingerprint density at radius 3 is 2.74 bits per heavy atom. The number of carbonyl (C=O) groups is 1. The number of hydrogen-bond donors (Lipinski definition) is 0. The number of hydrogen-bond acceptors (Lipinski definition) is 3. The number of carbonyl (C=O) groups excluding carboxylic acids is 1. The van der Waals surface area contributed by atoms with E-state index in [4.69, 9.17) is 4.74 Å². The maximum atomic E-state index is 13.9. The Morgan fingerprint density at radius 2 is 2.04 bits per heavy atom. The summed E-state index contributed by atoms with van der Waals surface area (Å²) in [6.07, 6.45) is 2.79. The third-order valence-corrected chi connectivity index (χ3v) is 3.40. The van der Waals surface area contributed by atoms with Crippen LogP contribution in [0.1, 0.15) is 35.2 Å². The predicted octanol–water partition coefficient (Wildman–Crippen LogP) is 4.46. The Bertz CT molecular complexity index is 644. The zero-order valence-electron chi connectivity index (χ0n) is 13.0. The summed E-state index contributed by atoms with van der Waals surface area (Å²) in [4.78, 5) is 15.5. The van der Waals surface area contributed by atoms with Crippen molar-refractivity contribution in [2.75, 3.05) is 6.61 Å². The summed E-state index contributed by atoms with van der Waals surface area (Å²) in [5.74, 6) is -3.82. The van der Waals surface area contributed by atoms with E-state index in [0.717, 1.165) is 17.5 Å². The van der Waals surface area contributed by atoms with E-state index in [-0.39, 0.29) is 12.0 Å². The van der Waals surface area contributed by atoms with E-state index in [0.29, 0.717) is 13.0 Å². The number of unbranched alkanes of at least 4 members (excludes halogenated alkanes) is 1. The second kappa shape index (κ2) is 7.81. The van der Waals surface area contributed by atoms with Crippen LogP contribution < -0.4 is 4.74 Å². The molecular weight excluding hydrogens is 300 g/mol. The van der Waals surface area contributed by atoms with Gasteiger partial charge in [-0.1, -0.05) is 12.1 Å². The molecule has 0 saturated heterocycles. The first-order valence-corrected chi connectivity index (χ1v) is 7.51. The molecule has 0 saturated carbocycles.